The van der Waals surface area contributed by atoms with Gasteiger partial charge in [-0.2, -0.15) is 0 Å². The highest BCUT2D eigenvalue weighted by molar-refractivity contribution is 7.90. The highest BCUT2D eigenvalue weighted by atomic mass is 35.5. The van der Waals surface area contributed by atoms with Gasteiger partial charge in [-0.3, -0.25) is 0 Å². The number of nitrogens with one attached hydrogen (secondary N) is 1. The maximum absolute atomic E-state index is 11.2. The molecular formula is C13H17Cl2NO2S. The summed E-state index contributed by atoms with van der Waals surface area (Å²) in [6.45, 7) is 0.459. The minimum atomic E-state index is -2.93. The second-order valence-corrected chi connectivity index (χ2v) is 8.15. The van der Waals surface area contributed by atoms with E-state index in [1.165, 1.54) is 6.26 Å². The van der Waals surface area contributed by atoms with Gasteiger partial charge in [-0.25, -0.2) is 8.42 Å². The monoisotopic (exact) mass is 321 g/mol. The summed E-state index contributed by atoms with van der Waals surface area (Å²) < 4.78 is 22.3. The topological polar surface area (TPSA) is 46.2 Å². The van der Waals surface area contributed by atoms with Crippen molar-refractivity contribution in [1.29, 1.82) is 0 Å². The summed E-state index contributed by atoms with van der Waals surface area (Å²) >= 11 is 11.9. The number of hydrogen-bond donors (Lipinski definition) is 1. The zero-order valence-corrected chi connectivity index (χ0v) is 13.0. The lowest BCUT2D eigenvalue weighted by atomic mass is 10.0. The van der Waals surface area contributed by atoms with E-state index in [1.54, 1.807) is 6.07 Å². The van der Waals surface area contributed by atoms with E-state index in [-0.39, 0.29) is 11.8 Å². The molecule has 1 aromatic rings. The molecule has 106 valence electrons. The molecule has 1 aliphatic rings. The van der Waals surface area contributed by atoms with Crippen LogP contribution >= 0.6 is 23.2 Å². The molecule has 19 heavy (non-hydrogen) atoms. The van der Waals surface area contributed by atoms with Gasteiger partial charge in [0, 0.05) is 18.8 Å². The zero-order valence-electron chi connectivity index (χ0n) is 10.7. The molecule has 0 unspecified atom stereocenters. The SMILES string of the molecule is CS(=O)(=O)CCN[C@@H](c1ccc(Cl)c(Cl)c1)C1CC1. The molecule has 0 aromatic heterocycles. The van der Waals surface area contributed by atoms with Gasteiger partial charge in [0.05, 0.1) is 15.8 Å². The Morgan fingerprint density at radius 3 is 2.53 bits per heavy atom. The quantitative estimate of drug-likeness (QED) is 0.875. The number of rotatable bonds is 6. The van der Waals surface area contributed by atoms with E-state index in [1.807, 2.05) is 12.1 Å². The first-order chi connectivity index (χ1) is 8.87. The predicted molar refractivity (Wildman–Crippen MR) is 79.6 cm³/mol. The summed E-state index contributed by atoms with van der Waals surface area (Å²) in [7, 11) is -2.93. The van der Waals surface area contributed by atoms with Crippen LogP contribution in [0.5, 0.6) is 0 Å². The normalized spacial score (nSPS) is 17.4. The van der Waals surface area contributed by atoms with Crippen molar-refractivity contribution in [3.05, 3.63) is 33.8 Å². The molecule has 0 heterocycles. The van der Waals surface area contributed by atoms with Crippen molar-refractivity contribution in [2.45, 2.75) is 18.9 Å². The molecule has 0 aliphatic heterocycles. The van der Waals surface area contributed by atoms with Crippen molar-refractivity contribution in [2.24, 2.45) is 5.92 Å². The van der Waals surface area contributed by atoms with Crippen LogP contribution in [0.15, 0.2) is 18.2 Å². The van der Waals surface area contributed by atoms with Crippen LogP contribution in [0.25, 0.3) is 0 Å². The van der Waals surface area contributed by atoms with E-state index in [0.717, 1.165) is 18.4 Å². The van der Waals surface area contributed by atoms with Crippen molar-refractivity contribution < 1.29 is 8.42 Å². The lowest BCUT2D eigenvalue weighted by Crippen LogP contribution is -2.28. The van der Waals surface area contributed by atoms with Crippen molar-refractivity contribution in [3.8, 4) is 0 Å². The summed E-state index contributed by atoms with van der Waals surface area (Å²) in [5, 5.41) is 4.40. The van der Waals surface area contributed by atoms with E-state index >= 15 is 0 Å². The minimum Gasteiger partial charge on any atom is -0.309 e. The van der Waals surface area contributed by atoms with Crippen LogP contribution in [0.4, 0.5) is 0 Å². The molecule has 1 N–H and O–H groups in total. The average molecular weight is 322 g/mol. The minimum absolute atomic E-state index is 0.150. The summed E-state index contributed by atoms with van der Waals surface area (Å²) in [4.78, 5) is 0. The summed E-state index contributed by atoms with van der Waals surface area (Å²) in [6.07, 6.45) is 3.58. The van der Waals surface area contributed by atoms with Crippen LogP contribution in [0.3, 0.4) is 0 Å². The van der Waals surface area contributed by atoms with Crippen LogP contribution in [0.1, 0.15) is 24.4 Å². The first kappa shape index (κ1) is 15.1. The fourth-order valence-corrected chi connectivity index (χ4v) is 2.89. The zero-order chi connectivity index (χ0) is 14.0. The van der Waals surface area contributed by atoms with Gasteiger partial charge in [-0.05, 0) is 36.5 Å². The first-order valence-corrected chi connectivity index (χ1v) is 9.04. The van der Waals surface area contributed by atoms with Crippen LogP contribution in [0, 0.1) is 5.92 Å². The first-order valence-electron chi connectivity index (χ1n) is 6.23. The fourth-order valence-electron chi connectivity index (χ4n) is 2.09. The molecule has 0 saturated heterocycles. The molecule has 1 aliphatic carbocycles. The Bertz CT molecular complexity index is 556. The van der Waals surface area contributed by atoms with Crippen LogP contribution in [-0.2, 0) is 9.84 Å². The Balaban J connectivity index is 2.05. The third-order valence-electron chi connectivity index (χ3n) is 3.23. The third-order valence-corrected chi connectivity index (χ3v) is 4.92. The molecule has 3 nitrogen and oxygen atoms in total. The molecular weight excluding hydrogens is 305 g/mol. The van der Waals surface area contributed by atoms with Gasteiger partial charge in [-0.1, -0.05) is 29.3 Å². The molecule has 0 radical (unpaired) electrons. The molecule has 1 atom stereocenters. The van der Waals surface area contributed by atoms with E-state index in [4.69, 9.17) is 23.2 Å². The van der Waals surface area contributed by atoms with Crippen molar-refractivity contribution >= 4 is 33.0 Å². The van der Waals surface area contributed by atoms with Crippen LogP contribution in [-0.4, -0.2) is 27.0 Å². The Labute approximate surface area is 124 Å². The van der Waals surface area contributed by atoms with Gasteiger partial charge in [0.2, 0.25) is 0 Å². The summed E-state index contributed by atoms with van der Waals surface area (Å²) in [5.74, 6) is 0.717. The van der Waals surface area contributed by atoms with Gasteiger partial charge >= 0.3 is 0 Å². The van der Waals surface area contributed by atoms with Gasteiger partial charge in [0.1, 0.15) is 9.84 Å². The molecule has 1 fully saturated rings. The van der Waals surface area contributed by atoms with Crippen LogP contribution in [0.2, 0.25) is 10.0 Å². The molecule has 2 rings (SSSR count). The van der Waals surface area contributed by atoms with Crippen molar-refractivity contribution in [3.63, 3.8) is 0 Å². The summed E-state index contributed by atoms with van der Waals surface area (Å²) in [5.41, 5.74) is 1.07. The highest BCUT2D eigenvalue weighted by Gasteiger charge is 2.32. The Hall–Kier alpha value is -0.290. The standard InChI is InChI=1S/C13H17Cl2NO2S/c1-19(17,18)7-6-16-13(9-2-3-9)10-4-5-11(14)12(15)8-10/h4-5,8-9,13,16H,2-3,6-7H2,1H3/t13-/m1/s1. The van der Waals surface area contributed by atoms with Gasteiger partial charge in [0.15, 0.2) is 0 Å². The summed E-state index contributed by atoms with van der Waals surface area (Å²) in [6, 6.07) is 5.76. The molecule has 1 aromatic carbocycles. The molecule has 6 heteroatoms. The number of halogens is 2. The smallest absolute Gasteiger partial charge is 0.148 e. The average Bonchev–Trinajstić information content (AvgIpc) is 3.11. The molecule has 1 saturated carbocycles. The van der Waals surface area contributed by atoms with E-state index in [9.17, 15) is 8.42 Å². The van der Waals surface area contributed by atoms with E-state index in [0.29, 0.717) is 22.5 Å². The molecule has 0 amide bonds. The Morgan fingerprint density at radius 1 is 1.32 bits per heavy atom. The lowest BCUT2D eigenvalue weighted by Gasteiger charge is -2.19. The van der Waals surface area contributed by atoms with Crippen LogP contribution < -0.4 is 5.32 Å². The van der Waals surface area contributed by atoms with Gasteiger partial charge < -0.3 is 5.32 Å². The van der Waals surface area contributed by atoms with E-state index in [2.05, 4.69) is 5.32 Å². The number of sulfone groups is 1. The third kappa shape index (κ3) is 4.63. The van der Waals surface area contributed by atoms with Gasteiger partial charge in [0.25, 0.3) is 0 Å². The second kappa shape index (κ2) is 6.00. The molecule has 0 spiro atoms. The Kier molecular flexibility index (Phi) is 4.77. The van der Waals surface area contributed by atoms with Gasteiger partial charge in [-0.15, -0.1) is 0 Å². The second-order valence-electron chi connectivity index (χ2n) is 5.07. The van der Waals surface area contributed by atoms with Crippen molar-refractivity contribution in [1.82, 2.24) is 5.32 Å². The highest BCUT2D eigenvalue weighted by Crippen LogP contribution is 2.41. The lowest BCUT2D eigenvalue weighted by molar-refractivity contribution is 0.494. The maximum atomic E-state index is 11.2. The largest absolute Gasteiger partial charge is 0.309 e. The number of benzene rings is 1. The van der Waals surface area contributed by atoms with Crippen molar-refractivity contribution in [2.75, 3.05) is 18.6 Å². The Morgan fingerprint density at radius 2 is 2.00 bits per heavy atom. The molecule has 0 bridgehead atoms. The predicted octanol–water partition coefficient (Wildman–Crippen LogP) is 3.08. The van der Waals surface area contributed by atoms with E-state index < -0.39 is 9.84 Å². The fraction of sp³-hybridized carbons (Fsp3) is 0.538. The maximum Gasteiger partial charge on any atom is 0.148 e. The number of hydrogen-bond acceptors (Lipinski definition) is 3.